The van der Waals surface area contributed by atoms with E-state index >= 15 is 0 Å². The van der Waals surface area contributed by atoms with Crippen molar-refractivity contribution in [2.75, 3.05) is 19.8 Å². The summed E-state index contributed by atoms with van der Waals surface area (Å²) >= 11 is 0. The molecule has 2 N–H and O–H groups in total. The lowest BCUT2D eigenvalue weighted by Gasteiger charge is -2.10. The van der Waals surface area contributed by atoms with Crippen LogP contribution in [0.2, 0.25) is 0 Å². The van der Waals surface area contributed by atoms with E-state index in [4.69, 9.17) is 5.73 Å². The quantitative estimate of drug-likeness (QED) is 0.725. The largest absolute Gasteiger partial charge is 0.399 e. The van der Waals surface area contributed by atoms with Gasteiger partial charge in [0.15, 0.2) is 0 Å². The Morgan fingerprint density at radius 3 is 2.46 bits per heavy atom. The van der Waals surface area contributed by atoms with E-state index in [1.807, 2.05) is 13.0 Å². The maximum Gasteiger partial charge on any atom is 0.127 e. The summed E-state index contributed by atoms with van der Waals surface area (Å²) < 4.78 is 13.3. The van der Waals surface area contributed by atoms with Gasteiger partial charge in [0, 0.05) is 5.69 Å². The molecule has 0 bridgehead atoms. The van der Waals surface area contributed by atoms with E-state index in [2.05, 4.69) is 0 Å². The highest BCUT2D eigenvalue weighted by Gasteiger charge is 2.06. The Bertz CT molecular complexity index is 336. The Hall–Kier alpha value is -0.870. The molecule has 4 heteroatoms. The summed E-state index contributed by atoms with van der Waals surface area (Å²) in [4.78, 5) is 0.789. The number of nitrogen functional groups attached to an aromatic ring is 1. The summed E-state index contributed by atoms with van der Waals surface area (Å²) in [6.45, 7) is 1.91. The van der Waals surface area contributed by atoms with Crippen molar-refractivity contribution in [3.63, 3.8) is 0 Å². The highest BCUT2D eigenvalue weighted by molar-refractivity contribution is 7.82. The monoisotopic (exact) mass is 198 g/mol. The predicted molar refractivity (Wildman–Crippen MR) is 55.7 cm³/mol. The number of nitrogens with zero attached hydrogens (tertiary/aromatic N) is 1. The van der Waals surface area contributed by atoms with Crippen molar-refractivity contribution in [3.8, 4) is 0 Å². The fourth-order valence-electron chi connectivity index (χ4n) is 0.968. The summed E-state index contributed by atoms with van der Waals surface area (Å²) in [5, 5.41) is 0. The Labute approximate surface area is 81.1 Å². The number of aryl methyl sites for hydroxylation is 1. The van der Waals surface area contributed by atoms with Crippen LogP contribution in [0.1, 0.15) is 5.56 Å². The minimum atomic E-state index is -1.08. The number of rotatable bonds is 2. The van der Waals surface area contributed by atoms with Crippen molar-refractivity contribution in [3.05, 3.63) is 23.8 Å². The molecule has 1 aromatic rings. The van der Waals surface area contributed by atoms with Gasteiger partial charge in [0.25, 0.3) is 0 Å². The topological polar surface area (TPSA) is 46.3 Å². The fraction of sp³-hybridized carbons (Fsp3) is 0.333. The lowest BCUT2D eigenvalue weighted by molar-refractivity contribution is 0.602. The number of hydrogen-bond acceptors (Lipinski definition) is 2. The van der Waals surface area contributed by atoms with Crippen molar-refractivity contribution in [2.24, 2.45) is 0 Å². The van der Waals surface area contributed by atoms with Crippen molar-refractivity contribution in [1.82, 2.24) is 4.31 Å². The van der Waals surface area contributed by atoms with E-state index < -0.39 is 11.0 Å². The Morgan fingerprint density at radius 2 is 2.00 bits per heavy atom. The van der Waals surface area contributed by atoms with Crippen LogP contribution in [-0.4, -0.2) is 22.6 Å². The molecule has 1 atom stereocenters. The van der Waals surface area contributed by atoms with E-state index in [0.717, 1.165) is 16.1 Å². The van der Waals surface area contributed by atoms with Crippen LogP contribution in [-0.2, 0) is 11.0 Å². The van der Waals surface area contributed by atoms with Crippen molar-refractivity contribution < 1.29 is 4.21 Å². The second kappa shape index (κ2) is 3.89. The van der Waals surface area contributed by atoms with Crippen molar-refractivity contribution >= 4 is 16.7 Å². The molecule has 0 amide bonds. The lowest BCUT2D eigenvalue weighted by atomic mass is 10.2. The van der Waals surface area contributed by atoms with E-state index in [0.29, 0.717) is 0 Å². The molecule has 0 fully saturated rings. The molecule has 1 rings (SSSR count). The molecule has 0 heterocycles. The van der Waals surface area contributed by atoms with Crippen LogP contribution < -0.4 is 5.73 Å². The Kier molecular flexibility index (Phi) is 3.06. The summed E-state index contributed by atoms with van der Waals surface area (Å²) in [5.41, 5.74) is 7.35. The molecule has 1 aromatic carbocycles. The molecule has 0 radical (unpaired) electrons. The van der Waals surface area contributed by atoms with Gasteiger partial charge in [-0.25, -0.2) is 8.51 Å². The standard InChI is InChI=1S/C9H14N2OS/c1-7-6-8(4-5-9(7)10)13(12)11(2)3/h4-6H,10H2,1-3H3. The van der Waals surface area contributed by atoms with Crippen LogP contribution >= 0.6 is 0 Å². The van der Waals surface area contributed by atoms with Gasteiger partial charge in [-0.15, -0.1) is 0 Å². The second-order valence-electron chi connectivity index (χ2n) is 3.08. The molecule has 0 spiro atoms. The zero-order chi connectivity index (χ0) is 10.0. The van der Waals surface area contributed by atoms with Crippen LogP contribution in [0.5, 0.6) is 0 Å². The first-order valence-electron chi connectivity index (χ1n) is 3.97. The zero-order valence-corrected chi connectivity index (χ0v) is 8.89. The SMILES string of the molecule is Cc1cc(S(=O)N(C)C)ccc1N. The highest BCUT2D eigenvalue weighted by Crippen LogP contribution is 2.16. The predicted octanol–water partition coefficient (Wildman–Crippen LogP) is 1.16. The molecule has 0 aromatic heterocycles. The summed E-state index contributed by atoms with van der Waals surface area (Å²) in [7, 11) is 2.48. The second-order valence-corrected chi connectivity index (χ2v) is 4.78. The van der Waals surface area contributed by atoms with Crippen LogP contribution in [0.4, 0.5) is 5.69 Å². The van der Waals surface area contributed by atoms with E-state index in [-0.39, 0.29) is 0 Å². The molecule has 0 aliphatic carbocycles. The van der Waals surface area contributed by atoms with Crippen LogP contribution in [0, 0.1) is 6.92 Å². The molecule has 1 unspecified atom stereocenters. The molecular formula is C9H14N2OS. The van der Waals surface area contributed by atoms with Crippen LogP contribution in [0.3, 0.4) is 0 Å². The number of anilines is 1. The molecule has 13 heavy (non-hydrogen) atoms. The normalized spacial score (nSPS) is 13.2. The maximum absolute atomic E-state index is 11.6. The summed E-state index contributed by atoms with van der Waals surface area (Å²) in [6, 6.07) is 5.43. The Morgan fingerprint density at radius 1 is 1.38 bits per heavy atom. The third-order valence-electron chi connectivity index (χ3n) is 1.77. The van der Waals surface area contributed by atoms with Gasteiger partial charge in [0.2, 0.25) is 0 Å². The maximum atomic E-state index is 11.6. The van der Waals surface area contributed by atoms with Gasteiger partial charge in [-0.3, -0.25) is 0 Å². The zero-order valence-electron chi connectivity index (χ0n) is 8.07. The lowest BCUT2D eigenvalue weighted by Crippen LogP contribution is -2.15. The first kappa shape index (κ1) is 10.2. The molecular weight excluding hydrogens is 184 g/mol. The summed E-state index contributed by atoms with van der Waals surface area (Å²) in [5.74, 6) is 0. The van der Waals surface area contributed by atoms with Gasteiger partial charge in [0.05, 0.1) is 4.90 Å². The molecule has 0 aliphatic heterocycles. The van der Waals surface area contributed by atoms with Crippen LogP contribution in [0.25, 0.3) is 0 Å². The highest BCUT2D eigenvalue weighted by atomic mass is 32.2. The van der Waals surface area contributed by atoms with Gasteiger partial charge >= 0.3 is 0 Å². The number of hydrogen-bond donors (Lipinski definition) is 1. The van der Waals surface area contributed by atoms with E-state index in [9.17, 15) is 4.21 Å². The van der Waals surface area contributed by atoms with Gasteiger partial charge in [-0.2, -0.15) is 0 Å². The molecule has 3 nitrogen and oxygen atoms in total. The van der Waals surface area contributed by atoms with Crippen molar-refractivity contribution in [2.45, 2.75) is 11.8 Å². The van der Waals surface area contributed by atoms with Gasteiger partial charge < -0.3 is 5.73 Å². The summed E-state index contributed by atoms with van der Waals surface area (Å²) in [6.07, 6.45) is 0. The number of benzene rings is 1. The molecule has 0 saturated heterocycles. The van der Waals surface area contributed by atoms with E-state index in [1.54, 1.807) is 30.5 Å². The van der Waals surface area contributed by atoms with Gasteiger partial charge in [-0.1, -0.05) is 0 Å². The van der Waals surface area contributed by atoms with Crippen LogP contribution in [0.15, 0.2) is 23.1 Å². The third-order valence-corrected chi connectivity index (χ3v) is 3.10. The van der Waals surface area contributed by atoms with E-state index in [1.165, 1.54) is 0 Å². The fourth-order valence-corrected chi connectivity index (χ4v) is 1.85. The number of nitrogens with two attached hydrogens (primary N) is 1. The molecule has 0 saturated carbocycles. The average Bonchev–Trinajstić information content (AvgIpc) is 2.08. The average molecular weight is 198 g/mol. The Balaban J connectivity index is 3.04. The molecule has 0 aliphatic rings. The van der Waals surface area contributed by atoms with Gasteiger partial charge in [-0.05, 0) is 44.8 Å². The molecule has 72 valence electrons. The smallest absolute Gasteiger partial charge is 0.127 e. The third kappa shape index (κ3) is 2.29. The van der Waals surface area contributed by atoms with Crippen molar-refractivity contribution in [1.29, 1.82) is 0 Å². The first-order valence-corrected chi connectivity index (χ1v) is 5.08. The minimum Gasteiger partial charge on any atom is -0.399 e. The minimum absolute atomic E-state index is 0.736. The first-order chi connectivity index (χ1) is 6.02. The van der Waals surface area contributed by atoms with Gasteiger partial charge in [0.1, 0.15) is 11.0 Å².